The number of carbonyl (C=O) groups excluding carboxylic acids is 8. The number of hydrogen-bond donors (Lipinski definition) is 20. The largest absolute Gasteiger partial charge is 0.508 e. The van der Waals surface area contributed by atoms with E-state index in [0.29, 0.717) is 11.1 Å². The summed E-state index contributed by atoms with van der Waals surface area (Å²) in [6.45, 7) is 7.22. The number of anilines is 1. The molecule has 18 atom stereocenters. The third kappa shape index (κ3) is 20.6. The van der Waals surface area contributed by atoms with Gasteiger partial charge >= 0.3 is 11.7 Å². The second kappa shape index (κ2) is 39.4. The summed E-state index contributed by atoms with van der Waals surface area (Å²) in [6.07, 6.45) is -19.7. The number of nitrogens with zero attached hydrogens (tertiary/aromatic N) is 1. The quantitative estimate of drug-likeness (QED) is 0.0314. The molecule has 21 N–H and O–H groups in total. The third-order valence-corrected chi connectivity index (χ3v) is 23.2. The van der Waals surface area contributed by atoms with Crippen LogP contribution in [0, 0.1) is 23.0 Å². The van der Waals surface area contributed by atoms with E-state index in [-0.39, 0.29) is 71.4 Å². The first-order valence-electron chi connectivity index (χ1n) is 40.6. The number of ether oxygens (including phenoxy) is 7. The number of amides is 8. The lowest BCUT2D eigenvalue weighted by atomic mass is 9.84. The second-order valence-corrected chi connectivity index (χ2v) is 33.1. The average molecular weight is 1820 g/mol. The zero-order valence-electron chi connectivity index (χ0n) is 69.6. The van der Waals surface area contributed by atoms with Crippen LogP contribution in [0.1, 0.15) is 132 Å². The zero-order chi connectivity index (χ0) is 93.0. The lowest BCUT2D eigenvalue weighted by Gasteiger charge is -2.48. The number of primary amides is 1. The molecule has 0 aromatic heterocycles. The van der Waals surface area contributed by atoms with Crippen LogP contribution in [0.15, 0.2) is 146 Å². The van der Waals surface area contributed by atoms with E-state index in [1.165, 1.54) is 38.2 Å². The Morgan fingerprint density at radius 2 is 1.33 bits per heavy atom. The normalized spacial score (nSPS) is 25.4. The van der Waals surface area contributed by atoms with Crippen LogP contribution in [0.3, 0.4) is 0 Å². The van der Waals surface area contributed by atoms with E-state index < -0.39 is 259 Å². The molecule has 2 fully saturated rings. The first-order valence-corrected chi connectivity index (χ1v) is 41.3. The van der Waals surface area contributed by atoms with Crippen LogP contribution in [0.5, 0.6) is 51.7 Å². The number of carboxylic acids is 1. The molecule has 0 aliphatic carbocycles. The first-order chi connectivity index (χ1) is 61.3. The molecule has 7 aliphatic heterocycles. The fraction of sp³-hybridized carbons (Fsp3) is 0.352. The molecule has 8 amide bonds. The molecule has 7 heterocycles. The van der Waals surface area contributed by atoms with Gasteiger partial charge in [0.15, 0.2) is 29.9 Å². The number of carboxylic acid groups (broad SMARTS) is 1. The van der Waals surface area contributed by atoms with Crippen LogP contribution >= 0.6 is 23.2 Å². The monoisotopic (exact) mass is 1820 g/mol. The Labute approximate surface area is 744 Å². The van der Waals surface area contributed by atoms with Gasteiger partial charge in [-0.05, 0) is 152 Å². The highest BCUT2D eigenvalue weighted by molar-refractivity contribution is 6.32. The van der Waals surface area contributed by atoms with Crippen molar-refractivity contribution in [3.05, 3.63) is 216 Å². The van der Waals surface area contributed by atoms with Crippen molar-refractivity contribution in [1.82, 2.24) is 42.5 Å². The number of aryl methyl sites for hydroxylation is 1. The van der Waals surface area contributed by atoms with Gasteiger partial charge in [-0.15, -0.1) is 0 Å². The minimum Gasteiger partial charge on any atom is -0.508 e. The van der Waals surface area contributed by atoms with Gasteiger partial charge in [0.1, 0.15) is 102 Å². The number of hydrogen-bond acceptors (Lipinski definition) is 29. The van der Waals surface area contributed by atoms with Gasteiger partial charge in [-0.3, -0.25) is 48.5 Å². The minimum absolute atomic E-state index is 0.0309. The summed E-state index contributed by atoms with van der Waals surface area (Å²) in [5.41, 5.74) is 2.31. The summed E-state index contributed by atoms with van der Waals surface area (Å²) in [5, 5.41) is 152. The van der Waals surface area contributed by atoms with E-state index in [9.17, 15) is 80.4 Å². The molecule has 8 aromatic carbocycles. The van der Waals surface area contributed by atoms with E-state index in [4.69, 9.17) is 62.1 Å². The number of carbonyl (C=O) groups is 9. The van der Waals surface area contributed by atoms with Gasteiger partial charge in [-0.1, -0.05) is 104 Å². The minimum atomic E-state index is -2.41. The maximum atomic E-state index is 16.3. The topological polar surface area (TPSA) is 598 Å². The lowest BCUT2D eigenvalue weighted by molar-refractivity contribution is -0.386. The van der Waals surface area contributed by atoms with E-state index in [2.05, 4.69) is 47.9 Å². The number of aliphatic carboxylic acids is 1. The van der Waals surface area contributed by atoms with Crippen LogP contribution in [0.25, 0.3) is 11.1 Å². The van der Waals surface area contributed by atoms with E-state index >= 15 is 24.0 Å². The number of likely N-dealkylation sites (N-methyl/N-ethyl adjacent to an activating group) is 1. The molecular formula is C88H93Cl2N11O28. The van der Waals surface area contributed by atoms with E-state index in [1.54, 1.807) is 82.3 Å². The summed E-state index contributed by atoms with van der Waals surface area (Å²) < 4.78 is 45.5. The summed E-state index contributed by atoms with van der Waals surface area (Å²) in [4.78, 5) is 144. The van der Waals surface area contributed by atoms with Crippen LogP contribution in [-0.2, 0) is 65.7 Å². The number of aromatic hydroxyl groups is 3. The number of benzene rings is 8. The predicted molar refractivity (Wildman–Crippen MR) is 455 cm³/mol. The highest BCUT2D eigenvalue weighted by Gasteiger charge is 2.53. The van der Waals surface area contributed by atoms with Gasteiger partial charge in [-0.25, -0.2) is 4.79 Å². The molecule has 41 heteroatoms. The summed E-state index contributed by atoms with van der Waals surface area (Å²) in [7, 11) is 1.46. The SMILES string of the molecule is CN[C@H](CC(C)C)C(=O)N[C@H]1C(=O)N[C@@H](CC(N)=O)C(=O)N[C@H]2C(=O)N[C@H]3C(=O)N[C@H](C(=O)N[C@H](C(=O)O)c4cc(O)cc(O)c4-c4cc3ccc4O)[C@H](O)c3ccc(c(Cl)c3)Oc3cc2cc(c3O[C@@H]2O[C@H](CO)[C@@H](O)[C@H](O)[C@H]2O[C@H]2C[C@](C)(NCc3cccc(NC(=O)c4ccc(C)c(OCc5ccccc5)c4[N+](=O)[O-])c3)[C@H](O)[C@H](C)O2)Oc2ccc(cc2Cl)[C@H]1O. The maximum Gasteiger partial charge on any atom is 0.330 e. The average Bonchev–Trinajstić information content (AvgIpc) is 0.949. The van der Waals surface area contributed by atoms with Crippen molar-refractivity contribution in [1.29, 1.82) is 0 Å². The van der Waals surface area contributed by atoms with Gasteiger partial charge < -0.3 is 138 Å². The number of aliphatic hydroxyl groups excluding tert-OH is 6. The highest BCUT2D eigenvalue weighted by atomic mass is 35.5. The van der Waals surface area contributed by atoms with Crippen LogP contribution in [0.2, 0.25) is 10.0 Å². The standard InChI is InChI=1S/C88H93Cl2N11O28/c1-37(2)23-53(92-6)80(113)99-68-71(107)43-17-21-57(51(89)26-43)125-59-28-45-29-60(76(59)129-87-77(74(110)73(109)61(35-102)127-87)128-63-33-88(5,78(111)39(4)124-63)93-34-41-13-10-14-46(24-41)94-79(112)48-19-15-38(3)75(70(48)101(121)122)123-36-40-11-8-7-9-12-40)126-58-22-18-44(27-52(58)90)72(108)69-85(118)98-67(86(119)120)50-30-47(103)31-56(105)64(50)49-25-42(16-20-55(49)104)65(82(115)100-69)97-83(116)66(45)96-81(114)54(32-62(91)106)95-84(68)117/h7-22,24-31,37,39,53-54,61,63,65-69,71-74,77-78,87,92-93,102-105,107-111H,23,32-36H2,1-6H3,(H2,91,106)(H,94,112)(H,95,117)(H,96,114)(H,97,116)(H,98,118)(H,99,113)(H,100,115)(H,119,120)/t39-,53+,54-,61+,63-,65+,66+,67-,68+,69-,71+,72+,73+,74-,77+,78+,87-,88-/m0/s1. The van der Waals surface area contributed by atoms with Crippen molar-refractivity contribution in [3.63, 3.8) is 0 Å². The molecule has 7 aliphatic rings. The van der Waals surface area contributed by atoms with Gasteiger partial charge in [0, 0.05) is 46.9 Å². The van der Waals surface area contributed by atoms with Gasteiger partial charge in [-0.2, -0.15) is 0 Å². The number of phenolic OH excluding ortho intramolecular Hbond substituents is 3. The molecule has 2 saturated heterocycles. The number of halogens is 2. The molecular weight excluding hydrogens is 1730 g/mol. The van der Waals surface area contributed by atoms with Crippen LogP contribution < -0.4 is 72.5 Å². The second-order valence-electron chi connectivity index (χ2n) is 32.3. The number of fused-ring (bicyclic) bond motifs is 15. The molecule has 0 radical (unpaired) electrons. The highest BCUT2D eigenvalue weighted by Crippen LogP contribution is 2.51. The Hall–Kier alpha value is -12.9. The number of nitro benzene ring substituents is 1. The Kier molecular flexibility index (Phi) is 28.6. The van der Waals surface area contributed by atoms with Crippen LogP contribution in [0.4, 0.5) is 11.4 Å². The van der Waals surface area contributed by atoms with E-state index in [0.717, 1.165) is 72.3 Å². The Morgan fingerprint density at radius 1 is 0.690 bits per heavy atom. The number of phenols is 3. The molecule has 0 saturated carbocycles. The van der Waals surface area contributed by atoms with E-state index in [1.807, 2.05) is 0 Å². The number of nitrogens with one attached hydrogen (secondary N) is 9. The fourth-order valence-electron chi connectivity index (χ4n) is 15.8. The predicted octanol–water partition coefficient (Wildman–Crippen LogP) is 4.99. The van der Waals surface area contributed by atoms with Gasteiger partial charge in [0.2, 0.25) is 59.1 Å². The first kappa shape index (κ1) is 93.8. The lowest BCUT2D eigenvalue weighted by Crippen LogP contribution is -2.65. The number of rotatable bonds is 22. The maximum absolute atomic E-state index is 16.3. The van der Waals surface area contributed by atoms with Gasteiger partial charge in [0.05, 0.1) is 46.2 Å². The Bertz CT molecular complexity index is 5680. The summed E-state index contributed by atoms with van der Waals surface area (Å²) >= 11 is 14.3. The molecule has 0 spiro atoms. The molecule has 129 heavy (non-hydrogen) atoms. The van der Waals surface area contributed by atoms with Crippen molar-refractivity contribution in [2.24, 2.45) is 11.7 Å². The number of nitro groups is 1. The summed E-state index contributed by atoms with van der Waals surface area (Å²) in [5.74, 6) is -17.5. The Morgan fingerprint density at radius 3 is 1.97 bits per heavy atom. The van der Waals surface area contributed by atoms with Crippen molar-refractivity contribution >= 4 is 87.8 Å². The number of aliphatic hydroxyl groups is 6. The molecule has 682 valence electrons. The molecule has 0 unspecified atom stereocenters. The molecule has 39 nitrogen and oxygen atoms in total. The van der Waals surface area contributed by atoms with Crippen molar-refractivity contribution in [2.45, 2.75) is 176 Å². The zero-order valence-corrected chi connectivity index (χ0v) is 71.1. The fourth-order valence-corrected chi connectivity index (χ4v) is 16.3. The van der Waals surface area contributed by atoms with Crippen molar-refractivity contribution < 1.29 is 132 Å². The van der Waals surface area contributed by atoms with Crippen molar-refractivity contribution in [2.75, 3.05) is 19.0 Å². The van der Waals surface area contributed by atoms with Crippen molar-refractivity contribution in [3.8, 4) is 62.9 Å². The smallest absolute Gasteiger partial charge is 0.330 e. The number of nitrogens with two attached hydrogens (primary N) is 1. The Balaban J connectivity index is 0.926. The van der Waals surface area contributed by atoms with Crippen LogP contribution in [-0.4, -0.2) is 202 Å². The molecule has 15 rings (SSSR count). The third-order valence-electron chi connectivity index (χ3n) is 22.6. The summed E-state index contributed by atoms with van der Waals surface area (Å²) in [6, 6.07) is 17.0. The molecule has 11 bridgehead atoms. The van der Waals surface area contributed by atoms with Gasteiger partial charge in [0.25, 0.3) is 5.91 Å². The molecule has 8 aromatic rings.